The normalized spacial score (nSPS) is 19.0. The SMILES string of the molecule is CC1(C)C(=O)NCCN1c1ncnc(N)c1Cl. The first-order valence-corrected chi connectivity index (χ1v) is 5.64. The van der Waals surface area contributed by atoms with Gasteiger partial charge in [0.05, 0.1) is 0 Å². The molecule has 0 aliphatic carbocycles. The first-order chi connectivity index (χ1) is 7.94. The maximum atomic E-state index is 11.8. The average Bonchev–Trinajstić information content (AvgIpc) is 2.27. The van der Waals surface area contributed by atoms with E-state index < -0.39 is 5.54 Å². The van der Waals surface area contributed by atoms with Gasteiger partial charge < -0.3 is 16.0 Å². The number of carbonyl (C=O) groups excluding carboxylic acids is 1. The molecule has 1 aromatic heterocycles. The van der Waals surface area contributed by atoms with Crippen molar-refractivity contribution in [3.63, 3.8) is 0 Å². The van der Waals surface area contributed by atoms with Crippen molar-refractivity contribution in [1.29, 1.82) is 0 Å². The molecule has 1 aromatic rings. The Morgan fingerprint density at radius 2 is 2.24 bits per heavy atom. The van der Waals surface area contributed by atoms with Gasteiger partial charge in [-0.1, -0.05) is 11.6 Å². The number of nitrogens with one attached hydrogen (secondary N) is 1. The van der Waals surface area contributed by atoms with Crippen LogP contribution in [0.2, 0.25) is 5.02 Å². The summed E-state index contributed by atoms with van der Waals surface area (Å²) < 4.78 is 0. The molecular weight excluding hydrogens is 242 g/mol. The third kappa shape index (κ3) is 1.88. The van der Waals surface area contributed by atoms with Crippen molar-refractivity contribution in [2.24, 2.45) is 0 Å². The highest BCUT2D eigenvalue weighted by Gasteiger charge is 2.39. The summed E-state index contributed by atoms with van der Waals surface area (Å²) in [4.78, 5) is 21.6. The lowest BCUT2D eigenvalue weighted by atomic mass is 9.99. The van der Waals surface area contributed by atoms with E-state index >= 15 is 0 Å². The summed E-state index contributed by atoms with van der Waals surface area (Å²) >= 11 is 6.08. The van der Waals surface area contributed by atoms with Crippen molar-refractivity contribution in [2.75, 3.05) is 23.7 Å². The van der Waals surface area contributed by atoms with Crippen molar-refractivity contribution in [1.82, 2.24) is 15.3 Å². The zero-order valence-corrected chi connectivity index (χ0v) is 10.5. The Morgan fingerprint density at radius 1 is 1.53 bits per heavy atom. The van der Waals surface area contributed by atoms with E-state index in [1.807, 2.05) is 18.7 Å². The zero-order chi connectivity index (χ0) is 12.6. The number of hydrogen-bond donors (Lipinski definition) is 2. The van der Waals surface area contributed by atoms with Crippen LogP contribution >= 0.6 is 11.6 Å². The van der Waals surface area contributed by atoms with Gasteiger partial charge in [0.1, 0.15) is 22.7 Å². The molecule has 0 spiro atoms. The fourth-order valence-electron chi connectivity index (χ4n) is 1.83. The molecule has 2 heterocycles. The second-order valence-electron chi connectivity index (χ2n) is 4.36. The Morgan fingerprint density at radius 3 is 2.94 bits per heavy atom. The quantitative estimate of drug-likeness (QED) is 0.760. The van der Waals surface area contributed by atoms with Crippen LogP contribution in [0.15, 0.2) is 6.33 Å². The molecule has 1 fully saturated rings. The van der Waals surface area contributed by atoms with E-state index in [2.05, 4.69) is 15.3 Å². The Kier molecular flexibility index (Phi) is 2.82. The number of aromatic nitrogens is 2. The van der Waals surface area contributed by atoms with Crippen LogP contribution in [0.3, 0.4) is 0 Å². The molecule has 7 heteroatoms. The van der Waals surface area contributed by atoms with Crippen LogP contribution in [-0.4, -0.2) is 34.5 Å². The molecular formula is C10H14ClN5O. The molecule has 0 saturated carbocycles. The number of carbonyl (C=O) groups is 1. The number of rotatable bonds is 1. The third-order valence-corrected chi connectivity index (χ3v) is 3.27. The van der Waals surface area contributed by atoms with E-state index in [1.54, 1.807) is 0 Å². The number of nitrogens with zero attached hydrogens (tertiary/aromatic N) is 3. The zero-order valence-electron chi connectivity index (χ0n) is 9.70. The van der Waals surface area contributed by atoms with Gasteiger partial charge in [-0.15, -0.1) is 0 Å². The molecule has 1 amide bonds. The summed E-state index contributed by atoms with van der Waals surface area (Å²) in [6, 6.07) is 0. The van der Waals surface area contributed by atoms with Crippen molar-refractivity contribution < 1.29 is 4.79 Å². The Hall–Kier alpha value is -1.56. The van der Waals surface area contributed by atoms with Gasteiger partial charge in [-0.25, -0.2) is 9.97 Å². The number of amides is 1. The predicted octanol–water partition coefficient (Wildman–Crippen LogP) is 0.427. The van der Waals surface area contributed by atoms with Gasteiger partial charge in [0, 0.05) is 13.1 Å². The van der Waals surface area contributed by atoms with Gasteiger partial charge >= 0.3 is 0 Å². The first-order valence-electron chi connectivity index (χ1n) is 5.26. The van der Waals surface area contributed by atoms with Gasteiger partial charge in [0.2, 0.25) is 5.91 Å². The number of halogens is 1. The smallest absolute Gasteiger partial charge is 0.245 e. The Balaban J connectivity index is 2.45. The van der Waals surface area contributed by atoms with Crippen LogP contribution in [0.4, 0.5) is 11.6 Å². The molecule has 92 valence electrons. The monoisotopic (exact) mass is 255 g/mol. The van der Waals surface area contributed by atoms with Crippen LogP contribution < -0.4 is 16.0 Å². The fraction of sp³-hybridized carbons (Fsp3) is 0.500. The molecule has 1 aliphatic rings. The van der Waals surface area contributed by atoms with Crippen molar-refractivity contribution in [3.05, 3.63) is 11.3 Å². The van der Waals surface area contributed by atoms with Gasteiger partial charge in [0.25, 0.3) is 0 Å². The van der Waals surface area contributed by atoms with Gasteiger partial charge in [-0.3, -0.25) is 4.79 Å². The first kappa shape index (κ1) is 11.9. The Bertz CT molecular complexity index is 462. The standard InChI is InChI=1S/C10H14ClN5O/c1-10(2)9(17)13-3-4-16(10)8-6(11)7(12)14-5-15-8/h5H,3-4H2,1-2H3,(H,13,17)(H2,12,14,15). The lowest BCUT2D eigenvalue weighted by Crippen LogP contribution is -2.62. The van der Waals surface area contributed by atoms with E-state index in [9.17, 15) is 4.79 Å². The molecule has 2 rings (SSSR count). The summed E-state index contributed by atoms with van der Waals surface area (Å²) in [7, 11) is 0. The molecule has 1 saturated heterocycles. The number of nitrogen functional groups attached to an aromatic ring is 1. The summed E-state index contributed by atoms with van der Waals surface area (Å²) in [6.45, 7) is 4.82. The lowest BCUT2D eigenvalue weighted by Gasteiger charge is -2.42. The van der Waals surface area contributed by atoms with Gasteiger partial charge in [-0.2, -0.15) is 0 Å². The van der Waals surface area contributed by atoms with Crippen molar-refractivity contribution in [3.8, 4) is 0 Å². The largest absolute Gasteiger partial charge is 0.382 e. The fourth-order valence-corrected chi connectivity index (χ4v) is 2.03. The second-order valence-corrected chi connectivity index (χ2v) is 4.74. The Labute approximate surface area is 104 Å². The molecule has 0 aromatic carbocycles. The second kappa shape index (κ2) is 4.03. The maximum Gasteiger partial charge on any atom is 0.245 e. The summed E-state index contributed by atoms with van der Waals surface area (Å²) in [5, 5.41) is 3.10. The summed E-state index contributed by atoms with van der Waals surface area (Å²) in [5.41, 5.74) is 4.93. The number of piperazine rings is 1. The minimum atomic E-state index is -0.706. The highest BCUT2D eigenvalue weighted by Crippen LogP contribution is 2.32. The number of nitrogens with two attached hydrogens (primary N) is 1. The molecule has 0 radical (unpaired) electrons. The van der Waals surface area contributed by atoms with E-state index in [4.69, 9.17) is 17.3 Å². The van der Waals surface area contributed by atoms with Crippen LogP contribution in [0.25, 0.3) is 0 Å². The highest BCUT2D eigenvalue weighted by molar-refractivity contribution is 6.35. The van der Waals surface area contributed by atoms with Gasteiger partial charge in [0.15, 0.2) is 5.82 Å². The van der Waals surface area contributed by atoms with Gasteiger partial charge in [-0.05, 0) is 13.8 Å². The van der Waals surface area contributed by atoms with Crippen molar-refractivity contribution >= 4 is 29.1 Å². The van der Waals surface area contributed by atoms with Crippen LogP contribution in [0, 0.1) is 0 Å². The lowest BCUT2D eigenvalue weighted by molar-refractivity contribution is -0.126. The summed E-state index contributed by atoms with van der Waals surface area (Å²) in [6.07, 6.45) is 1.35. The molecule has 3 N–H and O–H groups in total. The molecule has 0 atom stereocenters. The number of hydrogen-bond acceptors (Lipinski definition) is 5. The minimum absolute atomic E-state index is 0.0583. The molecule has 17 heavy (non-hydrogen) atoms. The van der Waals surface area contributed by atoms with Crippen LogP contribution in [-0.2, 0) is 4.79 Å². The molecule has 6 nitrogen and oxygen atoms in total. The summed E-state index contributed by atoms with van der Waals surface area (Å²) in [5.74, 6) is 0.662. The van der Waals surface area contributed by atoms with Crippen molar-refractivity contribution in [2.45, 2.75) is 19.4 Å². The molecule has 0 bridgehead atoms. The molecule has 1 aliphatic heterocycles. The minimum Gasteiger partial charge on any atom is -0.382 e. The van der Waals surface area contributed by atoms with Crippen LogP contribution in [0.5, 0.6) is 0 Å². The third-order valence-electron chi connectivity index (χ3n) is 2.91. The van der Waals surface area contributed by atoms with Crippen LogP contribution in [0.1, 0.15) is 13.8 Å². The van der Waals surface area contributed by atoms with E-state index in [0.29, 0.717) is 18.9 Å². The topological polar surface area (TPSA) is 84.1 Å². The van der Waals surface area contributed by atoms with E-state index in [0.717, 1.165) is 0 Å². The van der Waals surface area contributed by atoms with E-state index in [1.165, 1.54) is 6.33 Å². The maximum absolute atomic E-state index is 11.8. The predicted molar refractivity (Wildman–Crippen MR) is 65.9 cm³/mol. The highest BCUT2D eigenvalue weighted by atomic mass is 35.5. The number of anilines is 2. The average molecular weight is 256 g/mol. The molecule has 0 unspecified atom stereocenters. The van der Waals surface area contributed by atoms with E-state index in [-0.39, 0.29) is 16.7 Å².